The average molecular weight is 543 g/mol. The second-order valence-electron chi connectivity index (χ2n) is 10.8. The Morgan fingerprint density at radius 1 is 1.16 bits per heavy atom. The fourth-order valence-corrected chi connectivity index (χ4v) is 5.31. The van der Waals surface area contributed by atoms with Gasteiger partial charge in [-0.1, -0.05) is 23.7 Å². The number of carboxylic acids is 1. The number of aryl methyl sites for hydroxylation is 2. The molecule has 1 aromatic carbocycles. The highest BCUT2D eigenvalue weighted by Crippen LogP contribution is 2.38. The van der Waals surface area contributed by atoms with Crippen molar-refractivity contribution in [3.8, 4) is 0 Å². The van der Waals surface area contributed by atoms with Crippen LogP contribution in [-0.4, -0.2) is 75.7 Å². The minimum absolute atomic E-state index is 0.0350. The number of aliphatic carboxylic acids is 1. The molecule has 0 radical (unpaired) electrons. The molecule has 4 rings (SSSR count). The highest BCUT2D eigenvalue weighted by Gasteiger charge is 2.42. The Balaban J connectivity index is 1.69. The molecule has 0 bridgehead atoms. The van der Waals surface area contributed by atoms with Crippen LogP contribution in [-0.2, 0) is 27.2 Å². The molecule has 1 fully saturated rings. The number of hydrogen-bond acceptors (Lipinski definition) is 6. The van der Waals surface area contributed by atoms with E-state index in [0.717, 1.165) is 35.2 Å². The molecule has 1 saturated heterocycles. The van der Waals surface area contributed by atoms with Crippen LogP contribution in [0.15, 0.2) is 36.5 Å². The van der Waals surface area contributed by atoms with Crippen molar-refractivity contribution in [1.82, 2.24) is 20.1 Å². The number of benzene rings is 1. The summed E-state index contributed by atoms with van der Waals surface area (Å²) in [6, 6.07) is 8.84. The number of rotatable bonds is 6. The van der Waals surface area contributed by atoms with Crippen molar-refractivity contribution in [2.75, 3.05) is 26.2 Å². The van der Waals surface area contributed by atoms with E-state index in [0.29, 0.717) is 24.5 Å². The van der Waals surface area contributed by atoms with Gasteiger partial charge in [-0.2, -0.15) is 0 Å². The summed E-state index contributed by atoms with van der Waals surface area (Å²) in [7, 11) is 0. The summed E-state index contributed by atoms with van der Waals surface area (Å²) in [6.45, 7) is 6.61. The largest absolute Gasteiger partial charge is 0.481 e. The van der Waals surface area contributed by atoms with Crippen molar-refractivity contribution >= 4 is 29.6 Å². The summed E-state index contributed by atoms with van der Waals surface area (Å²) in [6.07, 6.45) is 3.19. The van der Waals surface area contributed by atoms with Crippen molar-refractivity contribution in [1.29, 1.82) is 0 Å². The number of piperazine rings is 1. The zero-order valence-electron chi connectivity index (χ0n) is 22.1. The number of ether oxygens (including phenoxy) is 1. The van der Waals surface area contributed by atoms with Gasteiger partial charge in [-0.3, -0.25) is 19.5 Å². The van der Waals surface area contributed by atoms with Crippen molar-refractivity contribution in [3.05, 3.63) is 63.9 Å². The lowest BCUT2D eigenvalue weighted by atomic mass is 9.94. The molecular formula is C28H35ClN4O5. The number of fused-ring (bicyclic) bond motifs is 2. The minimum Gasteiger partial charge on any atom is -0.481 e. The Morgan fingerprint density at radius 2 is 1.92 bits per heavy atom. The van der Waals surface area contributed by atoms with Gasteiger partial charge in [-0.05, 0) is 74.9 Å². The van der Waals surface area contributed by atoms with E-state index in [-0.39, 0.29) is 31.5 Å². The lowest BCUT2D eigenvalue weighted by Crippen LogP contribution is -2.61. The van der Waals surface area contributed by atoms with E-state index < -0.39 is 23.7 Å². The van der Waals surface area contributed by atoms with Crippen LogP contribution in [0, 0.1) is 0 Å². The molecular weight excluding hydrogens is 508 g/mol. The molecule has 2 amide bonds. The van der Waals surface area contributed by atoms with Crippen LogP contribution in [0.1, 0.15) is 62.0 Å². The monoisotopic (exact) mass is 542 g/mol. The summed E-state index contributed by atoms with van der Waals surface area (Å²) >= 11 is 6.36. The summed E-state index contributed by atoms with van der Waals surface area (Å²) in [5.74, 6) is -1.17. The van der Waals surface area contributed by atoms with E-state index in [1.54, 1.807) is 11.1 Å². The zero-order chi connectivity index (χ0) is 27.4. The Bertz CT molecular complexity index is 1200. The molecule has 2 aromatic rings. The molecule has 0 saturated carbocycles. The third-order valence-corrected chi connectivity index (χ3v) is 7.06. The van der Waals surface area contributed by atoms with E-state index in [1.165, 1.54) is 0 Å². The number of aromatic nitrogens is 1. The lowest BCUT2D eigenvalue weighted by molar-refractivity contribution is -0.137. The van der Waals surface area contributed by atoms with Crippen molar-refractivity contribution < 1.29 is 24.2 Å². The van der Waals surface area contributed by atoms with E-state index in [2.05, 4.69) is 16.3 Å². The molecule has 9 nitrogen and oxygen atoms in total. The van der Waals surface area contributed by atoms with Crippen LogP contribution in [0.2, 0.25) is 5.02 Å². The van der Waals surface area contributed by atoms with Crippen LogP contribution in [0.25, 0.3) is 0 Å². The van der Waals surface area contributed by atoms with Gasteiger partial charge in [0.1, 0.15) is 11.6 Å². The fourth-order valence-electron chi connectivity index (χ4n) is 5.12. The van der Waals surface area contributed by atoms with Gasteiger partial charge in [0, 0.05) is 43.8 Å². The molecule has 2 aliphatic rings. The third kappa shape index (κ3) is 6.63. The van der Waals surface area contributed by atoms with Crippen molar-refractivity contribution in [3.63, 3.8) is 0 Å². The molecule has 0 spiro atoms. The number of nitrogens with one attached hydrogen (secondary N) is 1. The summed E-state index contributed by atoms with van der Waals surface area (Å²) in [4.78, 5) is 45.9. The highest BCUT2D eigenvalue weighted by atomic mass is 35.5. The Morgan fingerprint density at radius 3 is 2.66 bits per heavy atom. The predicted octanol–water partition coefficient (Wildman–Crippen LogP) is 3.83. The van der Waals surface area contributed by atoms with Gasteiger partial charge >= 0.3 is 12.1 Å². The number of carbonyl (C=O) groups excluding carboxylic acids is 2. The summed E-state index contributed by atoms with van der Waals surface area (Å²) < 4.78 is 5.60. The molecule has 1 aliphatic heterocycles. The van der Waals surface area contributed by atoms with Crippen LogP contribution >= 0.6 is 11.6 Å². The SMILES string of the molecule is CC(C)(C)OC(=O)N1CCN(C2c3ccc(Cl)cc3CCc3cccnc32)[C@@H](C(=O)NCCCC(=O)O)C1. The van der Waals surface area contributed by atoms with E-state index in [1.807, 2.05) is 45.0 Å². The Hall–Kier alpha value is -3.17. The van der Waals surface area contributed by atoms with Crippen LogP contribution in [0.5, 0.6) is 0 Å². The van der Waals surface area contributed by atoms with Gasteiger partial charge in [-0.25, -0.2) is 4.79 Å². The number of carboxylic acid groups (broad SMARTS) is 1. The smallest absolute Gasteiger partial charge is 0.410 e. The Labute approximate surface area is 228 Å². The third-order valence-electron chi connectivity index (χ3n) is 6.82. The van der Waals surface area contributed by atoms with E-state index >= 15 is 0 Å². The quantitative estimate of drug-likeness (QED) is 0.533. The lowest BCUT2D eigenvalue weighted by Gasteiger charge is -2.44. The van der Waals surface area contributed by atoms with Crippen LogP contribution < -0.4 is 5.32 Å². The van der Waals surface area contributed by atoms with Gasteiger partial charge in [-0.15, -0.1) is 0 Å². The number of halogens is 1. The molecule has 2 heterocycles. The first-order chi connectivity index (χ1) is 18.0. The average Bonchev–Trinajstić information content (AvgIpc) is 3.01. The van der Waals surface area contributed by atoms with Crippen LogP contribution in [0.4, 0.5) is 4.79 Å². The number of carbonyl (C=O) groups is 3. The molecule has 2 atom stereocenters. The molecule has 2 N–H and O–H groups in total. The molecule has 10 heteroatoms. The second-order valence-corrected chi connectivity index (χ2v) is 11.2. The first-order valence-corrected chi connectivity index (χ1v) is 13.4. The Kier molecular flexibility index (Phi) is 8.57. The topological polar surface area (TPSA) is 112 Å². The normalized spacial score (nSPS) is 19.6. The maximum Gasteiger partial charge on any atom is 0.410 e. The number of hydrogen-bond donors (Lipinski definition) is 2. The second kappa shape index (κ2) is 11.7. The number of pyridine rings is 1. The molecule has 38 heavy (non-hydrogen) atoms. The minimum atomic E-state index is -0.911. The van der Waals surface area contributed by atoms with Gasteiger partial charge in [0.25, 0.3) is 0 Å². The zero-order valence-corrected chi connectivity index (χ0v) is 22.8. The molecule has 204 valence electrons. The van der Waals surface area contributed by atoms with Gasteiger partial charge < -0.3 is 20.1 Å². The first-order valence-electron chi connectivity index (χ1n) is 13.0. The predicted molar refractivity (Wildman–Crippen MR) is 143 cm³/mol. The highest BCUT2D eigenvalue weighted by molar-refractivity contribution is 6.30. The maximum atomic E-state index is 13.6. The molecule has 1 aromatic heterocycles. The van der Waals surface area contributed by atoms with Gasteiger partial charge in [0.15, 0.2) is 0 Å². The molecule has 1 aliphatic carbocycles. The van der Waals surface area contributed by atoms with E-state index in [9.17, 15) is 14.4 Å². The fraction of sp³-hybridized carbons (Fsp3) is 0.500. The van der Waals surface area contributed by atoms with E-state index in [4.69, 9.17) is 26.4 Å². The van der Waals surface area contributed by atoms with Gasteiger partial charge in [0.05, 0.1) is 11.7 Å². The standard InChI is InChI=1S/C28H35ClN4O5/c1-28(2,3)38-27(37)32-14-15-33(22(17-32)26(36)31-13-5-7-23(34)35)25-21-11-10-20(29)16-19(21)9-8-18-6-4-12-30-24(18)25/h4,6,10-12,16,22,25H,5,7-9,13-15,17H2,1-3H3,(H,31,36)(H,34,35)/t22-,25?/m1/s1. The van der Waals surface area contributed by atoms with Gasteiger partial charge in [0.2, 0.25) is 5.91 Å². The summed E-state index contributed by atoms with van der Waals surface area (Å²) in [5.41, 5.74) is 3.49. The number of amides is 2. The van der Waals surface area contributed by atoms with Crippen LogP contribution in [0.3, 0.4) is 0 Å². The first kappa shape index (κ1) is 27.9. The maximum absolute atomic E-state index is 13.6. The summed E-state index contributed by atoms with van der Waals surface area (Å²) in [5, 5.41) is 12.5. The number of nitrogens with zero attached hydrogens (tertiary/aromatic N) is 3. The molecule has 1 unspecified atom stereocenters. The van der Waals surface area contributed by atoms with Crippen molar-refractivity contribution in [2.24, 2.45) is 0 Å². The van der Waals surface area contributed by atoms with Crippen molar-refractivity contribution in [2.45, 2.75) is 64.1 Å².